The van der Waals surface area contributed by atoms with Crippen LogP contribution < -0.4 is 10.5 Å². The van der Waals surface area contributed by atoms with Crippen molar-refractivity contribution in [1.29, 1.82) is 0 Å². The summed E-state index contributed by atoms with van der Waals surface area (Å²) in [5, 5.41) is 44.0. The molecule has 2 heterocycles. The van der Waals surface area contributed by atoms with Crippen molar-refractivity contribution in [3.05, 3.63) is 12.0 Å². The quantitative estimate of drug-likeness (QED) is 0.223. The van der Waals surface area contributed by atoms with Crippen molar-refractivity contribution >= 4 is 29.0 Å². The molecular weight excluding hydrogens is 434 g/mol. The van der Waals surface area contributed by atoms with E-state index in [9.17, 15) is 44.4 Å². The molecule has 0 saturated carbocycles. The average molecular weight is 457 g/mol. The van der Waals surface area contributed by atoms with Gasteiger partial charge in [-0.1, -0.05) is 0 Å². The lowest BCUT2D eigenvalue weighted by Crippen LogP contribution is -2.87. The summed E-state index contributed by atoms with van der Waals surface area (Å²) >= 11 is 0. The van der Waals surface area contributed by atoms with E-state index in [2.05, 4.69) is 9.97 Å². The van der Waals surface area contributed by atoms with Crippen LogP contribution in [0.4, 0.5) is 0 Å². The lowest BCUT2D eigenvalue weighted by atomic mass is 9.60. The summed E-state index contributed by atoms with van der Waals surface area (Å²) in [6.45, 7) is 2.86. The van der Waals surface area contributed by atoms with Gasteiger partial charge < -0.3 is 40.6 Å². The third-order valence-electron chi connectivity index (χ3n) is 5.48. The highest BCUT2D eigenvalue weighted by Crippen LogP contribution is 2.48. The van der Waals surface area contributed by atoms with Gasteiger partial charge in [0.1, 0.15) is 12.2 Å². The summed E-state index contributed by atoms with van der Waals surface area (Å²) in [7, 11) is 0. The van der Waals surface area contributed by atoms with Crippen molar-refractivity contribution < 1.29 is 53.9 Å². The number of carbonyl (C=O) groups excluding carboxylic acids is 5. The highest BCUT2D eigenvalue weighted by Gasteiger charge is 2.80. The van der Waals surface area contributed by atoms with Crippen molar-refractivity contribution in [1.82, 2.24) is 9.97 Å². The Labute approximate surface area is 180 Å². The molecule has 1 amide bonds. The van der Waals surface area contributed by atoms with E-state index in [4.69, 9.17) is 15.2 Å². The fourth-order valence-corrected chi connectivity index (χ4v) is 3.69. The Hall–Kier alpha value is -3.04. The lowest BCUT2D eigenvalue weighted by molar-refractivity contribution is -0.358. The second-order valence-electron chi connectivity index (χ2n) is 7.42. The number of nitrogens with one attached hydrogen (secondary N) is 1. The zero-order valence-corrected chi connectivity index (χ0v) is 17.5. The van der Waals surface area contributed by atoms with E-state index < -0.39 is 75.9 Å². The molecule has 0 bridgehead atoms. The molecule has 1 aromatic rings. The number of nitrogens with two attached hydrogens (primary N) is 1. The van der Waals surface area contributed by atoms with E-state index in [0.717, 1.165) is 13.3 Å². The van der Waals surface area contributed by atoms with Gasteiger partial charge >= 0.3 is 0 Å². The van der Waals surface area contributed by atoms with E-state index in [0.29, 0.717) is 20.8 Å². The number of hydrogen-bond acceptors (Lipinski definition) is 12. The van der Waals surface area contributed by atoms with Crippen molar-refractivity contribution in [2.75, 3.05) is 0 Å². The molecule has 0 aromatic carbocycles. The molecule has 176 valence electrons. The third-order valence-corrected chi connectivity index (χ3v) is 5.48. The zero-order chi connectivity index (χ0) is 24.8. The molecule has 1 saturated heterocycles. The molecule has 14 heteroatoms. The number of aliphatic hydroxyl groups excluding tert-OH is 1. The number of ether oxygens (including phenoxy) is 2. The van der Waals surface area contributed by atoms with Gasteiger partial charge in [-0.3, -0.25) is 24.0 Å². The van der Waals surface area contributed by atoms with Crippen LogP contribution >= 0.6 is 0 Å². The first-order chi connectivity index (χ1) is 14.6. The molecule has 32 heavy (non-hydrogen) atoms. The number of H-pyrrole nitrogens is 1. The Morgan fingerprint density at radius 2 is 1.59 bits per heavy atom. The maximum Gasteiger partial charge on any atom is 0.270 e. The minimum absolute atomic E-state index is 0.470. The summed E-state index contributed by atoms with van der Waals surface area (Å²) in [6, 6.07) is 0. The Morgan fingerprint density at radius 1 is 1.06 bits per heavy atom. The number of Topliss-reactive ketones (excluding diaryl/α,β-unsaturated/α-hetero) is 4. The van der Waals surface area contributed by atoms with Crippen molar-refractivity contribution in [2.24, 2.45) is 5.73 Å². The summed E-state index contributed by atoms with van der Waals surface area (Å²) < 4.78 is 10.5. The van der Waals surface area contributed by atoms with Gasteiger partial charge in [-0.25, -0.2) is 4.98 Å². The van der Waals surface area contributed by atoms with Gasteiger partial charge in [-0.2, -0.15) is 0 Å². The van der Waals surface area contributed by atoms with Crippen molar-refractivity contribution in [2.45, 2.75) is 63.0 Å². The molecule has 7 N–H and O–H groups in total. The van der Waals surface area contributed by atoms with Gasteiger partial charge in [0, 0.05) is 0 Å². The number of aromatic amines is 1. The van der Waals surface area contributed by atoms with E-state index in [1.165, 1.54) is 0 Å². The second kappa shape index (κ2) is 8.14. The maximum absolute atomic E-state index is 12.6. The highest BCUT2D eigenvalue weighted by atomic mass is 16.7. The molecule has 1 aliphatic rings. The number of nitrogens with zero attached hydrogens (tertiary/aromatic N) is 1. The Balaban J connectivity index is 2.85. The first kappa shape index (κ1) is 25.2. The molecule has 0 aliphatic carbocycles. The number of hydrogen-bond donors (Lipinski definition) is 6. The first-order valence-corrected chi connectivity index (χ1v) is 9.12. The van der Waals surface area contributed by atoms with Crippen LogP contribution in [-0.4, -0.2) is 94.7 Å². The maximum atomic E-state index is 12.6. The number of aromatic nitrogens is 2. The molecule has 1 aliphatic heterocycles. The van der Waals surface area contributed by atoms with Gasteiger partial charge in [0.15, 0.2) is 34.4 Å². The number of aliphatic hydroxyl groups is 4. The largest absolute Gasteiger partial charge is 0.442 e. The normalized spacial score (nSPS) is 33.2. The van der Waals surface area contributed by atoms with Crippen molar-refractivity contribution in [3.8, 4) is 5.88 Å². The SMILES string of the molecule is CC(=O)C(O)[C@H]1O[C@@H](Oc2nc[nH]c2C(N)=O)[C@@](O)(C(C)=O)[C@](O)(C(C)=O)[C@@]1(O)C(C)=O. The van der Waals surface area contributed by atoms with Crippen LogP contribution in [0.5, 0.6) is 5.88 Å². The van der Waals surface area contributed by atoms with Crippen LogP contribution in [0.1, 0.15) is 38.2 Å². The van der Waals surface area contributed by atoms with E-state index in [1.54, 1.807) is 0 Å². The number of carbonyl (C=O) groups is 5. The Kier molecular flexibility index (Phi) is 6.42. The average Bonchev–Trinajstić information content (AvgIpc) is 3.15. The van der Waals surface area contributed by atoms with E-state index in [1.807, 2.05) is 0 Å². The molecule has 1 fully saturated rings. The predicted octanol–water partition coefficient (Wildman–Crippen LogP) is -3.48. The van der Waals surface area contributed by atoms with Crippen molar-refractivity contribution in [3.63, 3.8) is 0 Å². The highest BCUT2D eigenvalue weighted by molar-refractivity contribution is 6.05. The number of amides is 1. The molecular formula is C18H23N3O11. The van der Waals surface area contributed by atoms with Crippen LogP contribution in [0.2, 0.25) is 0 Å². The minimum atomic E-state index is -3.68. The molecule has 1 unspecified atom stereocenters. The fourth-order valence-electron chi connectivity index (χ4n) is 3.69. The van der Waals surface area contributed by atoms with Gasteiger partial charge in [-0.05, 0) is 27.7 Å². The van der Waals surface area contributed by atoms with E-state index in [-0.39, 0.29) is 0 Å². The van der Waals surface area contributed by atoms with Crippen LogP contribution in [0.15, 0.2) is 6.33 Å². The molecule has 0 radical (unpaired) electrons. The minimum Gasteiger partial charge on any atom is -0.442 e. The Bertz CT molecular complexity index is 991. The van der Waals surface area contributed by atoms with Crippen LogP contribution in [-0.2, 0) is 23.9 Å². The monoisotopic (exact) mass is 457 g/mol. The van der Waals surface area contributed by atoms with Gasteiger partial charge in [0.05, 0.1) is 6.33 Å². The molecule has 1 aromatic heterocycles. The number of imidazole rings is 1. The number of ketones is 4. The molecule has 0 spiro atoms. The smallest absolute Gasteiger partial charge is 0.270 e. The molecule has 2 rings (SSSR count). The number of rotatable bonds is 8. The van der Waals surface area contributed by atoms with Gasteiger partial charge in [0.2, 0.25) is 23.4 Å². The number of primary amides is 1. The van der Waals surface area contributed by atoms with E-state index >= 15 is 0 Å². The standard InChI is InChI=1S/C18H23N3O11/c1-6(22)11(26)12-16(28,7(2)23)18(30,9(4)25)17(29,8(3)24)15(31-12)32-14-10(13(19)27)20-5-21-14/h5,11-12,15,26,28-30H,1-4H3,(H2,19,27)(H,20,21)/t11?,12-,15+,16-,17+,18+/m1/s1. The molecule has 6 atom stereocenters. The third kappa shape index (κ3) is 3.23. The van der Waals surface area contributed by atoms with Gasteiger partial charge in [0.25, 0.3) is 5.91 Å². The summed E-state index contributed by atoms with van der Waals surface area (Å²) in [4.78, 5) is 66.8. The first-order valence-electron chi connectivity index (χ1n) is 9.12. The predicted molar refractivity (Wildman–Crippen MR) is 100.0 cm³/mol. The van der Waals surface area contributed by atoms with Crippen LogP contribution in [0.3, 0.4) is 0 Å². The Morgan fingerprint density at radius 3 is 2.00 bits per heavy atom. The van der Waals surface area contributed by atoms with Crippen LogP contribution in [0, 0.1) is 0 Å². The summed E-state index contributed by atoms with van der Waals surface area (Å²) in [6.07, 6.45) is -6.25. The zero-order valence-electron chi connectivity index (χ0n) is 17.5. The van der Waals surface area contributed by atoms with Crippen LogP contribution in [0.25, 0.3) is 0 Å². The summed E-state index contributed by atoms with van der Waals surface area (Å²) in [5.41, 5.74) is -5.96. The molecule has 14 nitrogen and oxygen atoms in total. The van der Waals surface area contributed by atoms with Gasteiger partial charge in [-0.15, -0.1) is 0 Å². The topological polar surface area (TPSA) is 239 Å². The summed E-state index contributed by atoms with van der Waals surface area (Å²) in [5.74, 6) is -7.14. The lowest BCUT2D eigenvalue weighted by Gasteiger charge is -2.57. The fraction of sp³-hybridized carbons (Fsp3) is 0.556. The second-order valence-corrected chi connectivity index (χ2v) is 7.42.